The fourth-order valence-corrected chi connectivity index (χ4v) is 2.46. The molecule has 1 aliphatic carbocycles. The molecule has 1 aromatic rings. The normalized spacial score (nSPS) is 16.8. The summed E-state index contributed by atoms with van der Waals surface area (Å²) >= 11 is 0. The minimum absolute atomic E-state index is 0.112. The lowest BCUT2D eigenvalue weighted by molar-refractivity contribution is 0.421. The van der Waals surface area contributed by atoms with Crippen LogP contribution in [0.15, 0.2) is 12.4 Å². The van der Waals surface area contributed by atoms with E-state index in [-0.39, 0.29) is 5.54 Å². The van der Waals surface area contributed by atoms with Gasteiger partial charge in [-0.3, -0.25) is 4.98 Å². The van der Waals surface area contributed by atoms with Crippen LogP contribution in [0.1, 0.15) is 52.1 Å². The van der Waals surface area contributed by atoms with Gasteiger partial charge in [0, 0.05) is 25.2 Å². The van der Waals surface area contributed by atoms with Crippen LogP contribution in [0.3, 0.4) is 0 Å². The molecule has 1 aliphatic rings. The Labute approximate surface area is 116 Å². The Kier molecular flexibility index (Phi) is 4.40. The largest absolute Gasteiger partial charge is 0.355 e. The molecule has 2 rings (SSSR count). The second-order valence-corrected chi connectivity index (χ2v) is 6.52. The third kappa shape index (κ3) is 4.16. The minimum Gasteiger partial charge on any atom is -0.355 e. The van der Waals surface area contributed by atoms with E-state index in [0.717, 1.165) is 18.1 Å². The first-order chi connectivity index (χ1) is 8.96. The van der Waals surface area contributed by atoms with Gasteiger partial charge in [0.2, 0.25) is 0 Å². The van der Waals surface area contributed by atoms with Gasteiger partial charge in [-0.25, -0.2) is 4.98 Å². The van der Waals surface area contributed by atoms with Crippen molar-refractivity contribution >= 4 is 5.82 Å². The summed E-state index contributed by atoms with van der Waals surface area (Å²) in [5, 5.41) is 3.43. The molecule has 1 saturated carbocycles. The van der Waals surface area contributed by atoms with Crippen LogP contribution >= 0.6 is 0 Å². The smallest absolute Gasteiger partial charge is 0.147 e. The first kappa shape index (κ1) is 14.3. The van der Waals surface area contributed by atoms with Gasteiger partial charge in [-0.15, -0.1) is 0 Å². The zero-order valence-corrected chi connectivity index (χ0v) is 12.6. The van der Waals surface area contributed by atoms with Crippen molar-refractivity contribution in [2.24, 2.45) is 0 Å². The van der Waals surface area contributed by atoms with Crippen molar-refractivity contribution in [3.05, 3.63) is 18.1 Å². The summed E-state index contributed by atoms with van der Waals surface area (Å²) < 4.78 is 0. The summed E-state index contributed by atoms with van der Waals surface area (Å²) in [6.45, 7) is 7.23. The Morgan fingerprint density at radius 1 is 1.21 bits per heavy atom. The van der Waals surface area contributed by atoms with E-state index in [1.807, 2.05) is 12.4 Å². The van der Waals surface area contributed by atoms with Gasteiger partial charge in [0.15, 0.2) is 0 Å². The highest BCUT2D eigenvalue weighted by atomic mass is 15.2. The fourth-order valence-electron chi connectivity index (χ4n) is 2.46. The number of nitrogens with zero attached hydrogens (tertiary/aromatic N) is 3. The Bertz CT molecular complexity index is 388. The molecule has 0 aromatic carbocycles. The molecule has 0 unspecified atom stereocenters. The Morgan fingerprint density at radius 2 is 1.89 bits per heavy atom. The molecule has 0 saturated heterocycles. The molecule has 0 atom stereocenters. The van der Waals surface area contributed by atoms with E-state index >= 15 is 0 Å². The summed E-state index contributed by atoms with van der Waals surface area (Å²) in [5.74, 6) is 0.992. The lowest BCUT2D eigenvalue weighted by atomic mass is 10.1. The molecule has 4 nitrogen and oxygen atoms in total. The molecule has 0 radical (unpaired) electrons. The third-order valence-corrected chi connectivity index (χ3v) is 3.73. The van der Waals surface area contributed by atoms with Crippen LogP contribution in [0, 0.1) is 0 Å². The topological polar surface area (TPSA) is 41.1 Å². The number of aromatic nitrogens is 2. The average Bonchev–Trinajstić information content (AvgIpc) is 2.89. The van der Waals surface area contributed by atoms with Crippen molar-refractivity contribution in [3.8, 4) is 0 Å². The molecule has 4 heteroatoms. The second-order valence-electron chi connectivity index (χ2n) is 6.52. The molecule has 0 amide bonds. The molecule has 1 fully saturated rings. The van der Waals surface area contributed by atoms with Crippen molar-refractivity contribution in [1.82, 2.24) is 15.3 Å². The second kappa shape index (κ2) is 5.87. The van der Waals surface area contributed by atoms with Crippen molar-refractivity contribution in [2.45, 2.75) is 64.6 Å². The van der Waals surface area contributed by atoms with Crippen molar-refractivity contribution < 1.29 is 0 Å². The van der Waals surface area contributed by atoms with E-state index in [1.54, 1.807) is 0 Å². The maximum absolute atomic E-state index is 4.55. The van der Waals surface area contributed by atoms with Crippen LogP contribution in [0.4, 0.5) is 5.82 Å². The molecule has 1 N–H and O–H groups in total. The van der Waals surface area contributed by atoms with Crippen molar-refractivity contribution in [1.29, 1.82) is 0 Å². The maximum atomic E-state index is 4.55. The summed E-state index contributed by atoms with van der Waals surface area (Å²) in [6.07, 6.45) is 9.04. The Morgan fingerprint density at radius 3 is 2.42 bits per heavy atom. The molecule has 19 heavy (non-hydrogen) atoms. The molecule has 0 aliphatic heterocycles. The van der Waals surface area contributed by atoms with Gasteiger partial charge in [-0.2, -0.15) is 0 Å². The van der Waals surface area contributed by atoms with E-state index in [1.165, 1.54) is 25.7 Å². The number of hydrogen-bond donors (Lipinski definition) is 1. The zero-order valence-electron chi connectivity index (χ0n) is 12.6. The van der Waals surface area contributed by atoms with Gasteiger partial charge >= 0.3 is 0 Å². The highest BCUT2D eigenvalue weighted by Gasteiger charge is 2.20. The number of nitrogens with one attached hydrogen (secondary N) is 1. The third-order valence-electron chi connectivity index (χ3n) is 3.73. The van der Waals surface area contributed by atoms with Crippen molar-refractivity contribution in [2.75, 3.05) is 11.9 Å². The Balaban J connectivity index is 1.94. The molecular weight excluding hydrogens is 236 g/mol. The number of hydrogen-bond acceptors (Lipinski definition) is 4. The van der Waals surface area contributed by atoms with Crippen LogP contribution in [0.2, 0.25) is 0 Å². The average molecular weight is 262 g/mol. The lowest BCUT2D eigenvalue weighted by Crippen LogP contribution is -2.35. The van der Waals surface area contributed by atoms with Gasteiger partial charge < -0.3 is 10.2 Å². The van der Waals surface area contributed by atoms with Gasteiger partial charge in [0.05, 0.1) is 18.1 Å². The van der Waals surface area contributed by atoms with E-state index in [0.29, 0.717) is 6.04 Å². The molecule has 0 spiro atoms. The van der Waals surface area contributed by atoms with Gasteiger partial charge in [0.1, 0.15) is 5.82 Å². The molecule has 106 valence electrons. The van der Waals surface area contributed by atoms with Crippen LogP contribution in [-0.2, 0) is 6.54 Å². The summed E-state index contributed by atoms with van der Waals surface area (Å²) in [4.78, 5) is 11.3. The highest BCUT2D eigenvalue weighted by molar-refractivity contribution is 5.36. The van der Waals surface area contributed by atoms with E-state index < -0.39 is 0 Å². The molecule has 1 aromatic heterocycles. The highest BCUT2D eigenvalue weighted by Crippen LogP contribution is 2.25. The standard InChI is InChI=1S/C15H26N4/c1-15(2,3)18-10-12-9-17-14(11-16-12)19(4)13-7-5-6-8-13/h9,11,13,18H,5-8,10H2,1-4H3. The predicted molar refractivity (Wildman–Crippen MR) is 79.3 cm³/mol. The van der Waals surface area contributed by atoms with E-state index in [4.69, 9.17) is 0 Å². The van der Waals surface area contributed by atoms with E-state index in [9.17, 15) is 0 Å². The van der Waals surface area contributed by atoms with Crippen LogP contribution < -0.4 is 10.2 Å². The first-order valence-electron chi connectivity index (χ1n) is 7.24. The van der Waals surface area contributed by atoms with E-state index in [2.05, 4.69) is 48.0 Å². The number of anilines is 1. The fraction of sp³-hybridized carbons (Fsp3) is 0.733. The van der Waals surface area contributed by atoms with Crippen LogP contribution in [0.25, 0.3) is 0 Å². The van der Waals surface area contributed by atoms with Crippen LogP contribution in [-0.4, -0.2) is 28.6 Å². The first-order valence-corrected chi connectivity index (χ1v) is 7.24. The van der Waals surface area contributed by atoms with Crippen LogP contribution in [0.5, 0.6) is 0 Å². The molecule has 0 bridgehead atoms. The minimum atomic E-state index is 0.112. The monoisotopic (exact) mass is 262 g/mol. The predicted octanol–water partition coefficient (Wildman–Crippen LogP) is 2.74. The lowest BCUT2D eigenvalue weighted by Gasteiger charge is -2.25. The quantitative estimate of drug-likeness (QED) is 0.906. The zero-order chi connectivity index (χ0) is 13.9. The maximum Gasteiger partial charge on any atom is 0.147 e. The SMILES string of the molecule is CN(c1cnc(CNC(C)(C)C)cn1)C1CCCC1. The van der Waals surface area contributed by atoms with Gasteiger partial charge in [-0.05, 0) is 33.6 Å². The Hall–Kier alpha value is -1.16. The molecular formula is C15H26N4. The van der Waals surface area contributed by atoms with Gasteiger partial charge in [-0.1, -0.05) is 12.8 Å². The summed E-state index contributed by atoms with van der Waals surface area (Å²) in [6, 6.07) is 0.646. The molecule has 1 heterocycles. The van der Waals surface area contributed by atoms with Crippen molar-refractivity contribution in [3.63, 3.8) is 0 Å². The number of rotatable bonds is 4. The summed E-state index contributed by atoms with van der Waals surface area (Å²) in [5.41, 5.74) is 1.11. The van der Waals surface area contributed by atoms with Gasteiger partial charge in [0.25, 0.3) is 0 Å². The summed E-state index contributed by atoms with van der Waals surface area (Å²) in [7, 11) is 2.13.